The van der Waals surface area contributed by atoms with Crippen LogP contribution in [0.3, 0.4) is 0 Å². The molecule has 0 bridgehead atoms. The van der Waals surface area contributed by atoms with E-state index in [1.54, 1.807) is 24.3 Å². The highest BCUT2D eigenvalue weighted by atomic mass is 16.2. The fourth-order valence-corrected chi connectivity index (χ4v) is 1.39. The number of benzene rings is 1. The largest absolute Gasteiger partial charge is 0.351 e. The van der Waals surface area contributed by atoms with Crippen LogP contribution in [0.25, 0.3) is 0 Å². The minimum Gasteiger partial charge on any atom is -0.351 e. The minimum atomic E-state index is -0.622. The van der Waals surface area contributed by atoms with E-state index >= 15 is 0 Å². The third kappa shape index (κ3) is 4.84. The summed E-state index contributed by atoms with van der Waals surface area (Å²) in [5, 5.41) is 5.19. The van der Waals surface area contributed by atoms with Crippen molar-refractivity contribution in [2.45, 2.75) is 13.3 Å². The molecule has 0 saturated carbocycles. The normalized spacial score (nSPS) is 11.7. The molecule has 6 nitrogen and oxygen atoms in total. The van der Waals surface area contributed by atoms with Gasteiger partial charge in [0, 0.05) is 17.8 Å². The van der Waals surface area contributed by atoms with Crippen LogP contribution in [-0.4, -0.2) is 18.5 Å². The molecule has 0 radical (unpaired) electrons. The summed E-state index contributed by atoms with van der Waals surface area (Å²) < 4.78 is 0. The van der Waals surface area contributed by atoms with Gasteiger partial charge in [-0.15, -0.1) is 0 Å². The molecule has 6 heteroatoms. The number of amides is 3. The Labute approximate surface area is 106 Å². The fraction of sp³-hybridized carbons (Fsp3) is 0.333. The number of carbonyl (C=O) groups excluding carboxylic acids is 2. The van der Waals surface area contributed by atoms with Gasteiger partial charge in [-0.05, 0) is 36.7 Å². The van der Waals surface area contributed by atoms with Crippen LogP contribution < -0.4 is 22.1 Å². The van der Waals surface area contributed by atoms with Gasteiger partial charge in [-0.3, -0.25) is 4.79 Å². The van der Waals surface area contributed by atoms with Gasteiger partial charge in [0.1, 0.15) is 0 Å². The molecule has 0 aromatic heterocycles. The third-order valence-electron chi connectivity index (χ3n) is 2.37. The quantitative estimate of drug-likeness (QED) is 0.628. The molecular formula is C12H18N4O2. The predicted octanol–water partition coefficient (Wildman–Crippen LogP) is 1.10. The van der Waals surface area contributed by atoms with Gasteiger partial charge in [0.15, 0.2) is 0 Å². The summed E-state index contributed by atoms with van der Waals surface area (Å²) in [7, 11) is 0. The van der Waals surface area contributed by atoms with E-state index in [1.807, 2.05) is 6.92 Å². The Balaban J connectivity index is 2.53. The van der Waals surface area contributed by atoms with E-state index in [9.17, 15) is 9.59 Å². The first-order chi connectivity index (χ1) is 8.51. The van der Waals surface area contributed by atoms with E-state index in [0.29, 0.717) is 24.3 Å². The maximum atomic E-state index is 11.6. The monoisotopic (exact) mass is 250 g/mol. The first kappa shape index (κ1) is 14.0. The van der Waals surface area contributed by atoms with Gasteiger partial charge in [-0.1, -0.05) is 6.92 Å². The van der Waals surface area contributed by atoms with Gasteiger partial charge in [0.2, 0.25) is 5.91 Å². The van der Waals surface area contributed by atoms with Crippen molar-refractivity contribution in [3.05, 3.63) is 24.3 Å². The Bertz CT molecular complexity index is 417. The molecule has 18 heavy (non-hydrogen) atoms. The summed E-state index contributed by atoms with van der Waals surface area (Å²) in [5.74, 6) is 0.0735. The lowest BCUT2D eigenvalue weighted by Crippen LogP contribution is -2.20. The van der Waals surface area contributed by atoms with Crippen LogP contribution in [0.5, 0.6) is 0 Å². The smallest absolute Gasteiger partial charge is 0.316 e. The number of nitrogens with one attached hydrogen (secondary N) is 2. The standard InChI is InChI=1S/C12H18N4O2/c1-8(7-13)6-11(17)15-9-2-4-10(5-3-9)16-12(14)18/h2-5,8H,6-7,13H2,1H3,(H,15,17)(H3,14,16,18). The first-order valence-corrected chi connectivity index (χ1v) is 5.67. The van der Waals surface area contributed by atoms with E-state index < -0.39 is 6.03 Å². The molecular weight excluding hydrogens is 232 g/mol. The lowest BCUT2D eigenvalue weighted by Gasteiger charge is -2.09. The van der Waals surface area contributed by atoms with Crippen molar-refractivity contribution in [3.63, 3.8) is 0 Å². The second kappa shape index (κ2) is 6.61. The molecule has 0 saturated heterocycles. The van der Waals surface area contributed by atoms with Gasteiger partial charge in [0.25, 0.3) is 0 Å². The molecule has 0 fully saturated rings. The topological polar surface area (TPSA) is 110 Å². The first-order valence-electron chi connectivity index (χ1n) is 5.67. The van der Waals surface area contributed by atoms with Crippen LogP contribution in [0.15, 0.2) is 24.3 Å². The molecule has 0 spiro atoms. The summed E-state index contributed by atoms with van der Waals surface area (Å²) in [6, 6.07) is 6.08. The van der Waals surface area contributed by atoms with E-state index in [0.717, 1.165) is 0 Å². The SMILES string of the molecule is CC(CN)CC(=O)Nc1ccc(NC(N)=O)cc1. The zero-order valence-corrected chi connectivity index (χ0v) is 10.3. The summed E-state index contributed by atoms with van der Waals surface area (Å²) in [6.07, 6.45) is 0.387. The molecule has 1 unspecified atom stereocenters. The van der Waals surface area contributed by atoms with Crippen molar-refractivity contribution in [1.82, 2.24) is 0 Å². The molecule has 1 atom stereocenters. The Morgan fingerprint density at radius 1 is 1.17 bits per heavy atom. The molecule has 1 rings (SSSR count). The van der Waals surface area contributed by atoms with Gasteiger partial charge < -0.3 is 22.1 Å². The minimum absolute atomic E-state index is 0.0800. The van der Waals surface area contributed by atoms with Crippen molar-refractivity contribution in [3.8, 4) is 0 Å². The van der Waals surface area contributed by atoms with Crippen LogP contribution in [0.2, 0.25) is 0 Å². The molecule has 6 N–H and O–H groups in total. The number of hydrogen-bond donors (Lipinski definition) is 4. The molecule has 1 aromatic carbocycles. The average molecular weight is 250 g/mol. The number of primary amides is 1. The van der Waals surface area contributed by atoms with Crippen molar-refractivity contribution < 1.29 is 9.59 Å². The van der Waals surface area contributed by atoms with Crippen LogP contribution in [-0.2, 0) is 4.79 Å². The van der Waals surface area contributed by atoms with Crippen LogP contribution in [0, 0.1) is 5.92 Å². The molecule has 0 aliphatic rings. The highest BCUT2D eigenvalue weighted by molar-refractivity contribution is 5.92. The summed E-state index contributed by atoms with van der Waals surface area (Å²) in [6.45, 7) is 2.40. The Morgan fingerprint density at radius 3 is 2.11 bits per heavy atom. The lowest BCUT2D eigenvalue weighted by molar-refractivity contribution is -0.116. The lowest BCUT2D eigenvalue weighted by atomic mass is 10.1. The third-order valence-corrected chi connectivity index (χ3v) is 2.37. The highest BCUT2D eigenvalue weighted by Gasteiger charge is 2.07. The van der Waals surface area contributed by atoms with Gasteiger partial charge >= 0.3 is 6.03 Å². The van der Waals surface area contributed by atoms with Crippen LogP contribution >= 0.6 is 0 Å². The molecule has 1 aromatic rings. The van der Waals surface area contributed by atoms with E-state index in [2.05, 4.69) is 10.6 Å². The molecule has 0 aliphatic heterocycles. The number of anilines is 2. The maximum absolute atomic E-state index is 11.6. The van der Waals surface area contributed by atoms with E-state index in [-0.39, 0.29) is 11.8 Å². The Kier molecular flexibility index (Phi) is 5.13. The molecule has 3 amide bonds. The highest BCUT2D eigenvalue weighted by Crippen LogP contribution is 2.14. The number of rotatable bonds is 5. The number of hydrogen-bond acceptors (Lipinski definition) is 3. The maximum Gasteiger partial charge on any atom is 0.316 e. The van der Waals surface area contributed by atoms with E-state index in [1.165, 1.54) is 0 Å². The number of urea groups is 1. The van der Waals surface area contributed by atoms with E-state index in [4.69, 9.17) is 11.5 Å². The molecule has 0 heterocycles. The molecule has 0 aliphatic carbocycles. The summed E-state index contributed by atoms with van der Waals surface area (Å²) in [4.78, 5) is 22.2. The molecule has 98 valence electrons. The number of nitrogens with two attached hydrogens (primary N) is 2. The average Bonchev–Trinajstić information content (AvgIpc) is 2.30. The Morgan fingerprint density at radius 2 is 1.67 bits per heavy atom. The summed E-state index contributed by atoms with van der Waals surface area (Å²) >= 11 is 0. The predicted molar refractivity (Wildman–Crippen MR) is 71.1 cm³/mol. The van der Waals surface area contributed by atoms with Crippen molar-refractivity contribution in [1.29, 1.82) is 0 Å². The second-order valence-electron chi connectivity index (χ2n) is 4.16. The van der Waals surface area contributed by atoms with Crippen molar-refractivity contribution in [2.24, 2.45) is 17.4 Å². The Hall–Kier alpha value is -2.08. The zero-order chi connectivity index (χ0) is 13.5. The van der Waals surface area contributed by atoms with Crippen LogP contribution in [0.1, 0.15) is 13.3 Å². The van der Waals surface area contributed by atoms with Gasteiger partial charge in [0.05, 0.1) is 0 Å². The second-order valence-corrected chi connectivity index (χ2v) is 4.16. The summed E-state index contributed by atoms with van der Waals surface area (Å²) in [5.41, 5.74) is 11.7. The number of carbonyl (C=O) groups is 2. The van der Waals surface area contributed by atoms with Gasteiger partial charge in [-0.2, -0.15) is 0 Å². The van der Waals surface area contributed by atoms with Crippen molar-refractivity contribution >= 4 is 23.3 Å². The van der Waals surface area contributed by atoms with Crippen molar-refractivity contribution in [2.75, 3.05) is 17.2 Å². The fourth-order valence-electron chi connectivity index (χ4n) is 1.39. The van der Waals surface area contributed by atoms with Gasteiger partial charge in [-0.25, -0.2) is 4.79 Å². The zero-order valence-electron chi connectivity index (χ0n) is 10.3. The van der Waals surface area contributed by atoms with Crippen LogP contribution in [0.4, 0.5) is 16.2 Å².